The third-order valence-corrected chi connectivity index (χ3v) is 3.47. The van der Waals surface area contributed by atoms with Gasteiger partial charge in [-0.1, -0.05) is 22.9 Å². The molecule has 0 atom stereocenters. The molecule has 0 aliphatic heterocycles. The van der Waals surface area contributed by atoms with Crippen molar-refractivity contribution in [3.8, 4) is 0 Å². The summed E-state index contributed by atoms with van der Waals surface area (Å²) < 4.78 is 0.962. The molecule has 76 valence electrons. The maximum absolute atomic E-state index is 7.45. The monoisotopic (exact) mass is 272 g/mol. The van der Waals surface area contributed by atoms with Gasteiger partial charge < -0.3 is 5.73 Å². The van der Waals surface area contributed by atoms with Gasteiger partial charge in [-0.15, -0.1) is 11.8 Å². The Balaban J connectivity index is 2.96. The maximum atomic E-state index is 7.45. The van der Waals surface area contributed by atoms with Crippen LogP contribution in [0.5, 0.6) is 0 Å². The van der Waals surface area contributed by atoms with Gasteiger partial charge in [-0.25, -0.2) is 0 Å². The van der Waals surface area contributed by atoms with Crippen molar-refractivity contribution >= 4 is 33.5 Å². The van der Waals surface area contributed by atoms with Crippen LogP contribution in [0.3, 0.4) is 0 Å². The molecule has 1 aromatic rings. The van der Waals surface area contributed by atoms with Crippen molar-refractivity contribution in [1.29, 1.82) is 5.41 Å². The summed E-state index contributed by atoms with van der Waals surface area (Å²) in [7, 11) is 0. The van der Waals surface area contributed by atoms with E-state index in [2.05, 4.69) is 22.9 Å². The fourth-order valence-corrected chi connectivity index (χ4v) is 2.32. The van der Waals surface area contributed by atoms with Crippen molar-refractivity contribution < 1.29 is 0 Å². The Bertz CT molecular complexity index is 339. The van der Waals surface area contributed by atoms with Crippen molar-refractivity contribution in [2.75, 3.05) is 5.75 Å². The van der Waals surface area contributed by atoms with Crippen LogP contribution in [0.25, 0.3) is 0 Å². The molecule has 0 aliphatic rings. The van der Waals surface area contributed by atoms with E-state index in [-0.39, 0.29) is 5.84 Å². The fraction of sp³-hybridized carbons (Fsp3) is 0.300. The minimum Gasteiger partial charge on any atom is -0.384 e. The molecule has 0 aromatic heterocycles. The van der Waals surface area contributed by atoms with Crippen LogP contribution in [0.2, 0.25) is 0 Å². The Morgan fingerprint density at radius 1 is 1.57 bits per heavy atom. The van der Waals surface area contributed by atoms with E-state index in [1.807, 2.05) is 18.2 Å². The second kappa shape index (κ2) is 5.41. The van der Waals surface area contributed by atoms with Gasteiger partial charge in [0, 0.05) is 14.9 Å². The number of nitrogens with one attached hydrogen (secondary N) is 1. The molecule has 0 fully saturated rings. The molecule has 0 heterocycles. The van der Waals surface area contributed by atoms with Crippen LogP contribution in [0.15, 0.2) is 27.6 Å². The first-order chi connectivity index (χ1) is 6.65. The molecule has 0 amide bonds. The highest BCUT2D eigenvalue weighted by Crippen LogP contribution is 2.26. The number of hydrogen-bond donors (Lipinski definition) is 2. The van der Waals surface area contributed by atoms with Crippen LogP contribution in [0.1, 0.15) is 18.9 Å². The predicted molar refractivity (Wildman–Crippen MR) is 66.2 cm³/mol. The third kappa shape index (κ3) is 3.03. The van der Waals surface area contributed by atoms with Crippen LogP contribution in [0.4, 0.5) is 0 Å². The number of thioether (sulfide) groups is 1. The molecule has 0 radical (unpaired) electrons. The number of amidine groups is 1. The molecule has 0 saturated heterocycles. The molecule has 0 saturated carbocycles. The van der Waals surface area contributed by atoms with Crippen molar-refractivity contribution in [2.24, 2.45) is 5.73 Å². The first kappa shape index (κ1) is 11.6. The molecule has 3 N–H and O–H groups in total. The van der Waals surface area contributed by atoms with Gasteiger partial charge in [0.1, 0.15) is 5.84 Å². The number of nitrogens with two attached hydrogens (primary N) is 1. The highest BCUT2D eigenvalue weighted by Gasteiger charge is 2.05. The van der Waals surface area contributed by atoms with E-state index in [1.54, 1.807) is 11.8 Å². The summed E-state index contributed by atoms with van der Waals surface area (Å²) in [4.78, 5) is 1.09. The first-order valence-electron chi connectivity index (χ1n) is 4.42. The van der Waals surface area contributed by atoms with Crippen LogP contribution < -0.4 is 5.73 Å². The van der Waals surface area contributed by atoms with E-state index in [4.69, 9.17) is 11.1 Å². The number of hydrogen-bond acceptors (Lipinski definition) is 2. The average molecular weight is 273 g/mol. The van der Waals surface area contributed by atoms with E-state index in [0.29, 0.717) is 0 Å². The zero-order valence-corrected chi connectivity index (χ0v) is 10.4. The second-order valence-corrected chi connectivity index (χ2v) is 4.96. The predicted octanol–water partition coefficient (Wildman–Crippen LogP) is 3.24. The van der Waals surface area contributed by atoms with Gasteiger partial charge >= 0.3 is 0 Å². The number of benzene rings is 1. The van der Waals surface area contributed by atoms with E-state index in [1.165, 1.54) is 0 Å². The average Bonchev–Trinajstić information content (AvgIpc) is 2.15. The molecule has 2 nitrogen and oxygen atoms in total. The lowest BCUT2D eigenvalue weighted by Gasteiger charge is -2.07. The van der Waals surface area contributed by atoms with Gasteiger partial charge in [0.05, 0.1) is 0 Å². The maximum Gasteiger partial charge on any atom is 0.123 e. The highest BCUT2D eigenvalue weighted by molar-refractivity contribution is 9.10. The summed E-state index contributed by atoms with van der Waals surface area (Å²) in [6, 6.07) is 5.87. The molecular weight excluding hydrogens is 260 g/mol. The third-order valence-electron chi connectivity index (χ3n) is 1.69. The molecule has 0 unspecified atom stereocenters. The van der Waals surface area contributed by atoms with Crippen LogP contribution in [-0.4, -0.2) is 11.6 Å². The molecule has 0 spiro atoms. The topological polar surface area (TPSA) is 49.9 Å². The summed E-state index contributed by atoms with van der Waals surface area (Å²) in [6.45, 7) is 2.14. The molecular formula is C10H13BrN2S. The van der Waals surface area contributed by atoms with Crippen molar-refractivity contribution in [2.45, 2.75) is 18.2 Å². The molecule has 0 aliphatic carbocycles. The SMILES string of the molecule is CCCSc1ccc(Br)cc1C(=N)N. The highest BCUT2D eigenvalue weighted by atomic mass is 79.9. The van der Waals surface area contributed by atoms with Gasteiger partial charge in [-0.2, -0.15) is 0 Å². The number of rotatable bonds is 4. The Hall–Kier alpha value is -0.480. The lowest BCUT2D eigenvalue weighted by atomic mass is 10.2. The van der Waals surface area contributed by atoms with Crippen LogP contribution in [-0.2, 0) is 0 Å². The van der Waals surface area contributed by atoms with Gasteiger partial charge in [-0.05, 0) is 30.4 Å². The summed E-state index contributed by atoms with van der Waals surface area (Å²) in [5.74, 6) is 1.19. The van der Waals surface area contributed by atoms with Crippen molar-refractivity contribution in [3.63, 3.8) is 0 Å². The van der Waals surface area contributed by atoms with Gasteiger partial charge in [0.15, 0.2) is 0 Å². The van der Waals surface area contributed by atoms with Crippen molar-refractivity contribution in [3.05, 3.63) is 28.2 Å². The minimum absolute atomic E-state index is 0.130. The van der Waals surface area contributed by atoms with Crippen molar-refractivity contribution in [1.82, 2.24) is 0 Å². The number of halogens is 1. The fourth-order valence-electron chi connectivity index (χ4n) is 1.05. The number of nitrogen functional groups attached to an aromatic ring is 1. The first-order valence-corrected chi connectivity index (χ1v) is 6.19. The van der Waals surface area contributed by atoms with Gasteiger partial charge in [0.2, 0.25) is 0 Å². The second-order valence-electron chi connectivity index (χ2n) is 2.90. The molecule has 14 heavy (non-hydrogen) atoms. The lowest BCUT2D eigenvalue weighted by Crippen LogP contribution is -2.12. The Labute approximate surface area is 96.9 Å². The largest absolute Gasteiger partial charge is 0.384 e. The normalized spacial score (nSPS) is 10.1. The van der Waals surface area contributed by atoms with Crippen LogP contribution in [0, 0.1) is 5.41 Å². The Morgan fingerprint density at radius 2 is 2.29 bits per heavy atom. The molecule has 4 heteroatoms. The van der Waals surface area contributed by atoms with Crippen LogP contribution >= 0.6 is 27.7 Å². The molecule has 1 aromatic carbocycles. The Morgan fingerprint density at radius 3 is 2.86 bits per heavy atom. The zero-order chi connectivity index (χ0) is 10.6. The Kier molecular flexibility index (Phi) is 4.48. The summed E-state index contributed by atoms with van der Waals surface area (Å²) in [5, 5.41) is 7.45. The smallest absolute Gasteiger partial charge is 0.123 e. The standard InChI is InChI=1S/C10H13BrN2S/c1-2-5-14-9-4-3-7(11)6-8(9)10(12)13/h3-4,6H,2,5H2,1H3,(H3,12,13). The van der Waals surface area contributed by atoms with E-state index >= 15 is 0 Å². The van der Waals surface area contributed by atoms with E-state index < -0.39 is 0 Å². The van der Waals surface area contributed by atoms with Gasteiger partial charge in [0.25, 0.3) is 0 Å². The zero-order valence-electron chi connectivity index (χ0n) is 8.01. The lowest BCUT2D eigenvalue weighted by molar-refractivity contribution is 1.10. The molecule has 1 rings (SSSR count). The van der Waals surface area contributed by atoms with Gasteiger partial charge in [-0.3, -0.25) is 5.41 Å². The quantitative estimate of drug-likeness (QED) is 0.502. The summed E-state index contributed by atoms with van der Waals surface area (Å²) in [6.07, 6.45) is 1.12. The minimum atomic E-state index is 0.130. The van der Waals surface area contributed by atoms with E-state index in [9.17, 15) is 0 Å². The van der Waals surface area contributed by atoms with E-state index in [0.717, 1.165) is 27.1 Å². The summed E-state index contributed by atoms with van der Waals surface area (Å²) in [5.41, 5.74) is 6.32. The summed E-state index contributed by atoms with van der Waals surface area (Å²) >= 11 is 5.11. The molecule has 0 bridgehead atoms.